The van der Waals surface area contributed by atoms with Crippen molar-refractivity contribution < 1.29 is 33.1 Å². The van der Waals surface area contributed by atoms with Crippen LogP contribution in [0.25, 0.3) is 0 Å². The Kier molecular flexibility index (Phi) is 7.22. The number of benzene rings is 2. The summed E-state index contributed by atoms with van der Waals surface area (Å²) < 4.78 is 21.2. The number of nitrogens with zero attached hydrogens (tertiary/aromatic N) is 1. The van der Waals surface area contributed by atoms with Gasteiger partial charge in [-0.1, -0.05) is 23.4 Å². The third-order valence-electron chi connectivity index (χ3n) is 4.58. The molecule has 1 N–H and O–H groups in total. The summed E-state index contributed by atoms with van der Waals surface area (Å²) in [6, 6.07) is 12.7. The van der Waals surface area contributed by atoms with Gasteiger partial charge in [0.25, 0.3) is 11.8 Å². The van der Waals surface area contributed by atoms with E-state index in [1.165, 1.54) is 19.2 Å². The lowest BCUT2D eigenvalue weighted by atomic mass is 10.2. The maximum Gasteiger partial charge on any atom is 0.338 e. The molecule has 3 rings (SSSR count). The van der Waals surface area contributed by atoms with E-state index in [2.05, 4.69) is 10.5 Å². The van der Waals surface area contributed by atoms with Crippen LogP contribution in [0, 0.1) is 13.8 Å². The molecule has 32 heavy (non-hydrogen) atoms. The van der Waals surface area contributed by atoms with Gasteiger partial charge >= 0.3 is 5.97 Å². The van der Waals surface area contributed by atoms with Crippen LogP contribution in [0.15, 0.2) is 53.1 Å². The minimum atomic E-state index is -0.747. The number of hydrogen-bond acceptors (Lipinski definition) is 8. The van der Waals surface area contributed by atoms with Crippen LogP contribution in [0.1, 0.15) is 37.7 Å². The van der Waals surface area contributed by atoms with E-state index in [4.69, 9.17) is 18.7 Å². The minimum Gasteiger partial charge on any atom is -0.493 e. The molecule has 1 aromatic heterocycles. The molecule has 9 nitrogen and oxygen atoms in total. The van der Waals surface area contributed by atoms with Crippen LogP contribution in [0.2, 0.25) is 0 Å². The first-order valence-electron chi connectivity index (χ1n) is 9.68. The van der Waals surface area contributed by atoms with Gasteiger partial charge in [-0.3, -0.25) is 14.9 Å². The van der Waals surface area contributed by atoms with Crippen molar-refractivity contribution in [1.29, 1.82) is 0 Å². The Labute approximate surface area is 184 Å². The molecule has 0 aliphatic carbocycles. The lowest BCUT2D eigenvalue weighted by molar-refractivity contribution is -0.123. The fourth-order valence-corrected chi connectivity index (χ4v) is 2.81. The Morgan fingerprint density at radius 1 is 1.00 bits per heavy atom. The molecular weight excluding hydrogens is 416 g/mol. The van der Waals surface area contributed by atoms with E-state index in [-0.39, 0.29) is 12.2 Å². The third-order valence-corrected chi connectivity index (χ3v) is 4.58. The second-order valence-corrected chi connectivity index (χ2v) is 6.78. The van der Waals surface area contributed by atoms with E-state index in [1.807, 2.05) is 6.92 Å². The molecule has 1 heterocycles. The van der Waals surface area contributed by atoms with Gasteiger partial charge in [-0.25, -0.2) is 4.79 Å². The number of carbonyl (C=O) groups is 3. The number of aryl methyl sites for hydroxylation is 2. The highest BCUT2D eigenvalue weighted by Crippen LogP contribution is 2.29. The van der Waals surface area contributed by atoms with E-state index < -0.39 is 24.4 Å². The average Bonchev–Trinajstić information content (AvgIpc) is 3.13. The number of esters is 1. The van der Waals surface area contributed by atoms with Crippen molar-refractivity contribution >= 4 is 17.8 Å². The Balaban J connectivity index is 1.57. The number of methoxy groups -OCH3 is 1. The smallest absolute Gasteiger partial charge is 0.338 e. The largest absolute Gasteiger partial charge is 0.493 e. The standard InChI is InChI=1S/C23H22N2O7/c1-14-18(15(2)32-25-14)12-30-19-10-9-17(11-20(19)29-3)23(28)31-13-21(26)24-22(27)16-7-5-4-6-8-16/h4-11H,12-13H2,1-3H3,(H,24,26,27). The van der Waals surface area contributed by atoms with Gasteiger partial charge in [0, 0.05) is 5.56 Å². The molecule has 0 atom stereocenters. The number of nitrogens with one attached hydrogen (secondary N) is 1. The first-order valence-corrected chi connectivity index (χ1v) is 9.68. The van der Waals surface area contributed by atoms with Gasteiger partial charge in [-0.15, -0.1) is 0 Å². The van der Waals surface area contributed by atoms with E-state index in [0.29, 0.717) is 22.8 Å². The lowest BCUT2D eigenvalue weighted by Crippen LogP contribution is -2.34. The molecule has 9 heteroatoms. The molecule has 0 fully saturated rings. The van der Waals surface area contributed by atoms with Gasteiger partial charge in [0.15, 0.2) is 18.1 Å². The average molecular weight is 438 g/mol. The van der Waals surface area contributed by atoms with Crippen LogP contribution in [0.4, 0.5) is 0 Å². The first kappa shape index (κ1) is 22.5. The highest BCUT2D eigenvalue weighted by molar-refractivity contribution is 6.05. The van der Waals surface area contributed by atoms with Crippen molar-refractivity contribution in [3.8, 4) is 11.5 Å². The topological polar surface area (TPSA) is 117 Å². The fraction of sp³-hybridized carbons (Fsp3) is 0.217. The van der Waals surface area contributed by atoms with Gasteiger partial charge < -0.3 is 18.7 Å². The van der Waals surface area contributed by atoms with Crippen LogP contribution >= 0.6 is 0 Å². The zero-order chi connectivity index (χ0) is 23.1. The van der Waals surface area contributed by atoms with Crippen molar-refractivity contribution in [2.45, 2.75) is 20.5 Å². The number of aromatic nitrogens is 1. The summed E-state index contributed by atoms with van der Waals surface area (Å²) in [4.78, 5) is 36.2. The molecule has 2 amide bonds. The minimum absolute atomic E-state index is 0.161. The van der Waals surface area contributed by atoms with Crippen molar-refractivity contribution in [2.75, 3.05) is 13.7 Å². The molecule has 0 radical (unpaired) electrons. The van der Waals surface area contributed by atoms with Gasteiger partial charge in [-0.05, 0) is 44.2 Å². The van der Waals surface area contributed by atoms with E-state index >= 15 is 0 Å². The maximum atomic E-state index is 12.3. The van der Waals surface area contributed by atoms with Crippen LogP contribution in [-0.4, -0.2) is 36.7 Å². The number of rotatable bonds is 8. The van der Waals surface area contributed by atoms with Gasteiger partial charge in [0.05, 0.1) is 23.9 Å². The monoisotopic (exact) mass is 438 g/mol. The summed E-state index contributed by atoms with van der Waals surface area (Å²) in [5.41, 5.74) is 2.04. The van der Waals surface area contributed by atoms with Crippen LogP contribution in [-0.2, 0) is 16.1 Å². The number of hydrogen-bond donors (Lipinski definition) is 1. The summed E-state index contributed by atoms with van der Waals surface area (Å²) in [7, 11) is 1.44. The van der Waals surface area contributed by atoms with Crippen molar-refractivity contribution in [2.24, 2.45) is 0 Å². The lowest BCUT2D eigenvalue weighted by Gasteiger charge is -2.12. The van der Waals surface area contributed by atoms with Crippen molar-refractivity contribution in [3.63, 3.8) is 0 Å². The Bertz CT molecular complexity index is 1100. The second-order valence-electron chi connectivity index (χ2n) is 6.78. The fourth-order valence-electron chi connectivity index (χ4n) is 2.81. The van der Waals surface area contributed by atoms with E-state index in [1.54, 1.807) is 43.3 Å². The molecule has 0 saturated heterocycles. The predicted molar refractivity (Wildman–Crippen MR) is 113 cm³/mol. The van der Waals surface area contributed by atoms with Gasteiger partial charge in [-0.2, -0.15) is 0 Å². The molecular formula is C23H22N2O7. The normalized spacial score (nSPS) is 10.3. The molecule has 0 saturated carbocycles. The van der Waals surface area contributed by atoms with Gasteiger partial charge in [0.1, 0.15) is 12.4 Å². The quantitative estimate of drug-likeness (QED) is 0.534. The van der Waals surface area contributed by atoms with E-state index in [0.717, 1.165) is 11.3 Å². The molecule has 166 valence electrons. The van der Waals surface area contributed by atoms with Gasteiger partial charge in [0.2, 0.25) is 0 Å². The van der Waals surface area contributed by atoms with Crippen LogP contribution in [0.3, 0.4) is 0 Å². The zero-order valence-electron chi connectivity index (χ0n) is 17.8. The number of ether oxygens (including phenoxy) is 3. The van der Waals surface area contributed by atoms with Crippen LogP contribution in [0.5, 0.6) is 11.5 Å². The number of amides is 2. The summed E-state index contributed by atoms with van der Waals surface area (Å²) >= 11 is 0. The molecule has 3 aromatic rings. The van der Waals surface area contributed by atoms with Crippen LogP contribution < -0.4 is 14.8 Å². The summed E-state index contributed by atoms with van der Waals surface area (Å²) in [5, 5.41) is 6.04. The Morgan fingerprint density at radius 3 is 2.41 bits per heavy atom. The molecule has 0 unspecified atom stereocenters. The Hall–Kier alpha value is -4.14. The number of carbonyl (C=O) groups excluding carboxylic acids is 3. The SMILES string of the molecule is COc1cc(C(=O)OCC(=O)NC(=O)c2ccccc2)ccc1OCc1c(C)noc1C. The maximum absolute atomic E-state index is 12.3. The third kappa shape index (κ3) is 5.51. The highest BCUT2D eigenvalue weighted by atomic mass is 16.5. The summed E-state index contributed by atoms with van der Waals surface area (Å²) in [5.74, 6) is -0.676. The molecule has 0 spiro atoms. The zero-order valence-corrected chi connectivity index (χ0v) is 17.8. The number of imide groups is 1. The first-order chi connectivity index (χ1) is 15.4. The second kappa shape index (κ2) is 10.3. The van der Waals surface area contributed by atoms with Crippen molar-refractivity contribution in [3.05, 3.63) is 76.7 Å². The molecule has 2 aromatic carbocycles. The molecule has 0 aliphatic heterocycles. The Morgan fingerprint density at radius 2 is 1.75 bits per heavy atom. The summed E-state index contributed by atoms with van der Waals surface area (Å²) in [6.45, 7) is 3.22. The summed E-state index contributed by atoms with van der Waals surface area (Å²) in [6.07, 6.45) is 0. The molecule has 0 bridgehead atoms. The predicted octanol–water partition coefficient (Wildman–Crippen LogP) is 2.99. The van der Waals surface area contributed by atoms with Crippen molar-refractivity contribution in [1.82, 2.24) is 10.5 Å². The molecule has 0 aliphatic rings. The highest BCUT2D eigenvalue weighted by Gasteiger charge is 2.17. The van der Waals surface area contributed by atoms with E-state index in [9.17, 15) is 14.4 Å².